The summed E-state index contributed by atoms with van der Waals surface area (Å²) in [6.45, 7) is 12.4. The van der Waals surface area contributed by atoms with Gasteiger partial charge in [0.2, 0.25) is 5.91 Å². The van der Waals surface area contributed by atoms with E-state index in [4.69, 9.17) is 4.74 Å². The number of carbonyl (C=O) groups is 1. The van der Waals surface area contributed by atoms with E-state index in [1.165, 1.54) is 0 Å². The maximum Gasteiger partial charge on any atom is 0.228 e. The van der Waals surface area contributed by atoms with Gasteiger partial charge in [-0.1, -0.05) is 18.2 Å². The molecule has 3 nitrogen and oxygen atoms in total. The molecule has 3 heteroatoms. The Kier molecular flexibility index (Phi) is 4.85. The van der Waals surface area contributed by atoms with E-state index < -0.39 is 0 Å². The van der Waals surface area contributed by atoms with Crippen LogP contribution in [0.1, 0.15) is 47.1 Å². The normalized spacial score (nSPS) is 12.2. The van der Waals surface area contributed by atoms with Gasteiger partial charge in [-0.2, -0.15) is 0 Å². The molecular weight excluding hydrogens is 250 g/mol. The molecule has 0 spiro atoms. The van der Waals surface area contributed by atoms with Crippen molar-refractivity contribution >= 4 is 5.91 Å². The summed E-state index contributed by atoms with van der Waals surface area (Å²) in [5.41, 5.74) is 0.507. The number of nitrogens with zero attached hydrogens (tertiary/aromatic N) is 1. The number of carbonyl (C=O) groups excluding carboxylic acids is 1. The molecule has 0 heterocycles. The zero-order valence-corrected chi connectivity index (χ0v) is 13.8. The number of ether oxygens (including phenoxy) is 1. The lowest BCUT2D eigenvalue weighted by molar-refractivity contribution is -0.141. The van der Waals surface area contributed by atoms with E-state index in [0.29, 0.717) is 6.42 Å². The molecule has 0 radical (unpaired) electrons. The molecule has 1 aromatic carbocycles. The molecule has 0 aliphatic rings. The lowest BCUT2D eigenvalue weighted by Crippen LogP contribution is -2.56. The first kappa shape index (κ1) is 16.5. The van der Waals surface area contributed by atoms with Crippen LogP contribution in [0.3, 0.4) is 0 Å². The maximum absolute atomic E-state index is 12.7. The zero-order chi connectivity index (χ0) is 15.6. The molecule has 1 aromatic rings. The molecule has 0 bridgehead atoms. The average molecular weight is 277 g/mol. The zero-order valence-electron chi connectivity index (χ0n) is 13.8. The van der Waals surface area contributed by atoms with Crippen LogP contribution in [-0.2, 0) is 11.2 Å². The van der Waals surface area contributed by atoms with Gasteiger partial charge in [0.05, 0.1) is 13.5 Å². The van der Waals surface area contributed by atoms with Crippen molar-refractivity contribution in [1.82, 2.24) is 4.90 Å². The van der Waals surface area contributed by atoms with Gasteiger partial charge >= 0.3 is 0 Å². The van der Waals surface area contributed by atoms with Crippen LogP contribution in [0.4, 0.5) is 0 Å². The molecule has 0 aromatic heterocycles. The topological polar surface area (TPSA) is 29.5 Å². The average Bonchev–Trinajstić information content (AvgIpc) is 2.25. The number of rotatable bonds is 3. The summed E-state index contributed by atoms with van der Waals surface area (Å²) in [4.78, 5) is 14.7. The summed E-state index contributed by atoms with van der Waals surface area (Å²) in [5.74, 6) is 0.887. The fourth-order valence-electron chi connectivity index (χ4n) is 2.85. The second-order valence-corrected chi connectivity index (χ2v) is 7.06. The standard InChI is InChI=1S/C17H27NO2/c1-16(2,3)18(17(4,5)6)15(19)12-13-10-8-9-11-14(13)20-7/h8-11H,12H2,1-7H3. The third-order valence-electron chi connectivity index (χ3n) is 3.13. The largest absolute Gasteiger partial charge is 0.496 e. The molecule has 0 aliphatic heterocycles. The van der Waals surface area contributed by atoms with Crippen molar-refractivity contribution in [3.63, 3.8) is 0 Å². The molecule has 112 valence electrons. The van der Waals surface area contributed by atoms with Crippen LogP contribution in [0.5, 0.6) is 5.75 Å². The van der Waals surface area contributed by atoms with E-state index in [1.807, 2.05) is 29.2 Å². The molecule has 1 amide bonds. The molecule has 0 saturated heterocycles. The van der Waals surface area contributed by atoms with Crippen molar-refractivity contribution < 1.29 is 9.53 Å². The molecular formula is C17H27NO2. The quantitative estimate of drug-likeness (QED) is 0.843. The summed E-state index contributed by atoms with van der Waals surface area (Å²) in [7, 11) is 1.63. The molecule has 0 N–H and O–H groups in total. The Hall–Kier alpha value is -1.51. The van der Waals surface area contributed by atoms with Crippen molar-refractivity contribution in [2.24, 2.45) is 0 Å². The van der Waals surface area contributed by atoms with Gasteiger partial charge < -0.3 is 9.64 Å². The lowest BCUT2D eigenvalue weighted by Gasteiger charge is -2.45. The number of methoxy groups -OCH3 is 1. The van der Waals surface area contributed by atoms with Crippen molar-refractivity contribution in [3.8, 4) is 5.75 Å². The van der Waals surface area contributed by atoms with Gasteiger partial charge in [-0.05, 0) is 47.6 Å². The minimum absolute atomic E-state index is 0.120. The molecule has 0 atom stereocenters. The highest BCUT2D eigenvalue weighted by Crippen LogP contribution is 2.27. The minimum Gasteiger partial charge on any atom is -0.496 e. The van der Waals surface area contributed by atoms with E-state index in [0.717, 1.165) is 11.3 Å². The predicted molar refractivity (Wildman–Crippen MR) is 83.1 cm³/mol. The van der Waals surface area contributed by atoms with Crippen LogP contribution in [0.2, 0.25) is 0 Å². The Labute approximate surface area is 122 Å². The number of benzene rings is 1. The highest BCUT2D eigenvalue weighted by atomic mass is 16.5. The highest BCUT2D eigenvalue weighted by molar-refractivity contribution is 5.81. The Morgan fingerprint density at radius 3 is 2.00 bits per heavy atom. The number of para-hydroxylation sites is 1. The molecule has 0 aliphatic carbocycles. The first-order valence-corrected chi connectivity index (χ1v) is 7.02. The van der Waals surface area contributed by atoms with Crippen LogP contribution in [0, 0.1) is 0 Å². The number of hydrogen-bond acceptors (Lipinski definition) is 2. The van der Waals surface area contributed by atoms with Gasteiger partial charge in [0.25, 0.3) is 0 Å². The Bertz CT molecular complexity index is 453. The van der Waals surface area contributed by atoms with E-state index >= 15 is 0 Å². The van der Waals surface area contributed by atoms with E-state index in [1.54, 1.807) is 7.11 Å². The minimum atomic E-state index is -0.211. The van der Waals surface area contributed by atoms with Crippen LogP contribution < -0.4 is 4.74 Å². The molecule has 20 heavy (non-hydrogen) atoms. The van der Waals surface area contributed by atoms with Crippen molar-refractivity contribution in [2.75, 3.05) is 7.11 Å². The van der Waals surface area contributed by atoms with Gasteiger partial charge in [-0.15, -0.1) is 0 Å². The van der Waals surface area contributed by atoms with Gasteiger partial charge in [0, 0.05) is 16.6 Å². The van der Waals surface area contributed by atoms with Crippen LogP contribution in [-0.4, -0.2) is 29.0 Å². The van der Waals surface area contributed by atoms with E-state index in [9.17, 15) is 4.79 Å². The van der Waals surface area contributed by atoms with Crippen molar-refractivity contribution in [3.05, 3.63) is 29.8 Å². The monoisotopic (exact) mass is 277 g/mol. The van der Waals surface area contributed by atoms with Gasteiger partial charge in [0.15, 0.2) is 0 Å². The van der Waals surface area contributed by atoms with Crippen LogP contribution in [0.15, 0.2) is 24.3 Å². The Morgan fingerprint density at radius 2 is 1.55 bits per heavy atom. The third-order valence-corrected chi connectivity index (χ3v) is 3.13. The third kappa shape index (κ3) is 3.99. The van der Waals surface area contributed by atoms with E-state index in [2.05, 4.69) is 41.5 Å². The maximum atomic E-state index is 12.7. The second-order valence-electron chi connectivity index (χ2n) is 7.06. The fraction of sp³-hybridized carbons (Fsp3) is 0.588. The van der Waals surface area contributed by atoms with Gasteiger partial charge in [-0.3, -0.25) is 4.79 Å². The summed E-state index contributed by atoms with van der Waals surface area (Å²) in [6.07, 6.45) is 0.360. The van der Waals surface area contributed by atoms with Crippen molar-refractivity contribution in [2.45, 2.75) is 59.0 Å². The summed E-state index contributed by atoms with van der Waals surface area (Å²) in [6, 6.07) is 7.68. The lowest BCUT2D eigenvalue weighted by atomic mass is 9.94. The van der Waals surface area contributed by atoms with Gasteiger partial charge in [-0.25, -0.2) is 0 Å². The first-order valence-electron chi connectivity index (χ1n) is 7.02. The van der Waals surface area contributed by atoms with Crippen molar-refractivity contribution in [1.29, 1.82) is 0 Å². The molecule has 1 rings (SSSR count). The molecule has 0 unspecified atom stereocenters. The van der Waals surface area contributed by atoms with Gasteiger partial charge in [0.1, 0.15) is 5.75 Å². The first-order chi connectivity index (χ1) is 9.07. The second kappa shape index (κ2) is 5.86. The number of amides is 1. The van der Waals surface area contributed by atoms with E-state index in [-0.39, 0.29) is 17.0 Å². The Morgan fingerprint density at radius 1 is 1.05 bits per heavy atom. The number of hydrogen-bond donors (Lipinski definition) is 0. The van der Waals surface area contributed by atoms with Crippen LogP contribution in [0.25, 0.3) is 0 Å². The summed E-state index contributed by atoms with van der Waals surface area (Å²) >= 11 is 0. The SMILES string of the molecule is COc1ccccc1CC(=O)N(C(C)(C)C)C(C)(C)C. The molecule has 0 saturated carbocycles. The Balaban J connectivity index is 3.04. The smallest absolute Gasteiger partial charge is 0.228 e. The predicted octanol–water partition coefficient (Wildman–Crippen LogP) is 3.66. The fourth-order valence-corrected chi connectivity index (χ4v) is 2.85. The summed E-state index contributed by atoms with van der Waals surface area (Å²) in [5, 5.41) is 0. The summed E-state index contributed by atoms with van der Waals surface area (Å²) < 4.78 is 5.33. The molecule has 0 fully saturated rings. The highest BCUT2D eigenvalue weighted by Gasteiger charge is 2.35. The van der Waals surface area contributed by atoms with Crippen LogP contribution >= 0.6 is 0 Å².